The first-order valence-electron chi connectivity index (χ1n) is 5.87. The van der Waals surface area contributed by atoms with Crippen molar-refractivity contribution in [3.63, 3.8) is 0 Å². The van der Waals surface area contributed by atoms with Crippen molar-refractivity contribution < 1.29 is 0 Å². The van der Waals surface area contributed by atoms with Gasteiger partial charge in [0, 0.05) is 0 Å². The molecule has 0 heterocycles. The molecule has 1 fully saturated rings. The van der Waals surface area contributed by atoms with Crippen LogP contribution < -0.4 is 5.32 Å². The zero-order chi connectivity index (χ0) is 9.68. The second-order valence-electron chi connectivity index (χ2n) is 5.02. The van der Waals surface area contributed by atoms with Crippen molar-refractivity contribution in [1.29, 1.82) is 0 Å². The van der Waals surface area contributed by atoms with Crippen LogP contribution in [0.2, 0.25) is 0 Å². The second kappa shape index (κ2) is 5.64. The van der Waals surface area contributed by atoms with Crippen LogP contribution in [0.5, 0.6) is 0 Å². The molecule has 1 nitrogen and oxygen atoms in total. The normalized spacial score (nSPS) is 31.6. The lowest BCUT2D eigenvalue weighted by molar-refractivity contribution is 0.250. The first-order chi connectivity index (χ1) is 6.22. The summed E-state index contributed by atoms with van der Waals surface area (Å²) in [5.74, 6) is 2.89. The van der Waals surface area contributed by atoms with Crippen molar-refractivity contribution in [2.24, 2.45) is 17.8 Å². The Kier molecular flexibility index (Phi) is 4.79. The third kappa shape index (κ3) is 4.12. The monoisotopic (exact) mass is 183 g/mol. The molecule has 1 saturated carbocycles. The average Bonchev–Trinajstić information content (AvgIpc) is 2.09. The van der Waals surface area contributed by atoms with Crippen LogP contribution in [0.4, 0.5) is 0 Å². The van der Waals surface area contributed by atoms with E-state index in [9.17, 15) is 0 Å². The highest BCUT2D eigenvalue weighted by molar-refractivity contribution is 4.72. The fourth-order valence-electron chi connectivity index (χ4n) is 2.57. The summed E-state index contributed by atoms with van der Waals surface area (Å²) in [6.07, 6.45) is 7.34. The van der Waals surface area contributed by atoms with E-state index in [-0.39, 0.29) is 0 Å². The Balaban J connectivity index is 2.14. The van der Waals surface area contributed by atoms with Crippen molar-refractivity contribution in [2.45, 2.75) is 46.0 Å². The molecule has 0 aromatic carbocycles. The molecule has 0 amide bonds. The van der Waals surface area contributed by atoms with Crippen LogP contribution >= 0.6 is 0 Å². The SMILES string of the molecule is CNC[C@@H](C)CC1CCC(C)CC1. The van der Waals surface area contributed by atoms with E-state index in [0.29, 0.717) is 0 Å². The van der Waals surface area contributed by atoms with Crippen molar-refractivity contribution in [2.75, 3.05) is 13.6 Å². The summed E-state index contributed by atoms with van der Waals surface area (Å²) in [6.45, 7) is 5.95. The molecule has 0 bridgehead atoms. The summed E-state index contributed by atoms with van der Waals surface area (Å²) >= 11 is 0. The summed E-state index contributed by atoms with van der Waals surface area (Å²) in [5.41, 5.74) is 0. The van der Waals surface area contributed by atoms with E-state index < -0.39 is 0 Å². The predicted molar refractivity (Wildman–Crippen MR) is 58.8 cm³/mol. The van der Waals surface area contributed by atoms with Crippen LogP contribution in [0.1, 0.15) is 46.0 Å². The van der Waals surface area contributed by atoms with Gasteiger partial charge >= 0.3 is 0 Å². The molecule has 0 aromatic heterocycles. The van der Waals surface area contributed by atoms with Crippen LogP contribution in [0.15, 0.2) is 0 Å². The van der Waals surface area contributed by atoms with E-state index in [2.05, 4.69) is 26.2 Å². The zero-order valence-corrected chi connectivity index (χ0v) is 9.47. The van der Waals surface area contributed by atoms with Gasteiger partial charge in [0.1, 0.15) is 0 Å². The van der Waals surface area contributed by atoms with Gasteiger partial charge in [-0.1, -0.05) is 39.5 Å². The molecule has 1 N–H and O–H groups in total. The molecule has 0 radical (unpaired) electrons. The summed E-state index contributed by atoms with van der Waals surface area (Å²) in [4.78, 5) is 0. The zero-order valence-electron chi connectivity index (χ0n) is 9.47. The van der Waals surface area contributed by atoms with Crippen LogP contribution in [0.25, 0.3) is 0 Å². The summed E-state index contributed by atoms with van der Waals surface area (Å²) in [7, 11) is 2.06. The highest BCUT2D eigenvalue weighted by Gasteiger charge is 2.19. The minimum absolute atomic E-state index is 0.864. The Labute approximate surface area is 83.3 Å². The maximum absolute atomic E-state index is 3.27. The molecular weight excluding hydrogens is 158 g/mol. The minimum Gasteiger partial charge on any atom is -0.319 e. The molecule has 0 aromatic rings. The summed E-state index contributed by atoms with van der Waals surface area (Å²) < 4.78 is 0. The molecule has 1 rings (SSSR count). The van der Waals surface area contributed by atoms with Crippen molar-refractivity contribution in [3.8, 4) is 0 Å². The maximum Gasteiger partial charge on any atom is -0.00261 e. The number of hydrogen-bond acceptors (Lipinski definition) is 1. The van der Waals surface area contributed by atoms with Gasteiger partial charge in [-0.25, -0.2) is 0 Å². The molecule has 1 aliphatic carbocycles. The minimum atomic E-state index is 0.864. The molecule has 0 spiro atoms. The topological polar surface area (TPSA) is 12.0 Å². The Bertz CT molecular complexity index is 125. The molecule has 1 heteroatoms. The van der Waals surface area contributed by atoms with Crippen molar-refractivity contribution in [3.05, 3.63) is 0 Å². The molecule has 0 unspecified atom stereocenters. The number of rotatable bonds is 4. The van der Waals surface area contributed by atoms with Gasteiger partial charge in [-0.05, 0) is 37.8 Å². The number of nitrogens with one attached hydrogen (secondary N) is 1. The smallest absolute Gasteiger partial charge is 0.00261 e. The molecule has 0 aliphatic heterocycles. The lowest BCUT2D eigenvalue weighted by atomic mass is 9.79. The van der Waals surface area contributed by atoms with Crippen LogP contribution in [-0.4, -0.2) is 13.6 Å². The third-order valence-corrected chi connectivity index (χ3v) is 3.42. The Morgan fingerprint density at radius 3 is 2.38 bits per heavy atom. The molecule has 1 atom stereocenters. The van der Waals surface area contributed by atoms with Crippen LogP contribution in [0, 0.1) is 17.8 Å². The van der Waals surface area contributed by atoms with E-state index in [1.54, 1.807) is 0 Å². The Morgan fingerprint density at radius 2 is 1.85 bits per heavy atom. The van der Waals surface area contributed by atoms with Gasteiger partial charge in [-0.2, -0.15) is 0 Å². The summed E-state index contributed by atoms with van der Waals surface area (Å²) in [6, 6.07) is 0. The predicted octanol–water partition coefficient (Wildman–Crippen LogP) is 3.06. The fourth-order valence-corrected chi connectivity index (χ4v) is 2.57. The van der Waals surface area contributed by atoms with Crippen LogP contribution in [-0.2, 0) is 0 Å². The molecular formula is C12H25N. The van der Waals surface area contributed by atoms with Gasteiger partial charge in [-0.3, -0.25) is 0 Å². The maximum atomic E-state index is 3.27. The van der Waals surface area contributed by atoms with Gasteiger partial charge in [0.25, 0.3) is 0 Å². The lowest BCUT2D eigenvalue weighted by Crippen LogP contribution is -2.21. The first-order valence-corrected chi connectivity index (χ1v) is 5.87. The van der Waals surface area contributed by atoms with Crippen LogP contribution in [0.3, 0.4) is 0 Å². The molecule has 78 valence electrons. The standard InChI is InChI=1S/C12H25N/c1-10-4-6-12(7-5-10)8-11(2)9-13-3/h10-13H,4-9H2,1-3H3/t10?,11-,12?/m0/s1. The van der Waals surface area contributed by atoms with E-state index in [4.69, 9.17) is 0 Å². The van der Waals surface area contributed by atoms with E-state index in [1.165, 1.54) is 38.6 Å². The average molecular weight is 183 g/mol. The molecule has 0 saturated heterocycles. The molecule has 13 heavy (non-hydrogen) atoms. The van der Waals surface area contributed by atoms with Gasteiger partial charge < -0.3 is 5.32 Å². The van der Waals surface area contributed by atoms with Gasteiger partial charge in [0.15, 0.2) is 0 Å². The Morgan fingerprint density at radius 1 is 1.23 bits per heavy atom. The van der Waals surface area contributed by atoms with E-state index in [0.717, 1.165) is 17.8 Å². The van der Waals surface area contributed by atoms with E-state index in [1.807, 2.05) is 0 Å². The van der Waals surface area contributed by atoms with E-state index >= 15 is 0 Å². The van der Waals surface area contributed by atoms with Gasteiger partial charge in [0.05, 0.1) is 0 Å². The van der Waals surface area contributed by atoms with Gasteiger partial charge in [-0.15, -0.1) is 0 Å². The Hall–Kier alpha value is -0.0400. The second-order valence-corrected chi connectivity index (χ2v) is 5.02. The quantitative estimate of drug-likeness (QED) is 0.706. The summed E-state index contributed by atoms with van der Waals surface area (Å²) in [5, 5.41) is 3.27. The lowest BCUT2D eigenvalue weighted by Gasteiger charge is -2.28. The third-order valence-electron chi connectivity index (χ3n) is 3.42. The largest absolute Gasteiger partial charge is 0.319 e. The van der Waals surface area contributed by atoms with Crippen molar-refractivity contribution in [1.82, 2.24) is 5.32 Å². The first kappa shape index (κ1) is 11.0. The highest BCUT2D eigenvalue weighted by atomic mass is 14.8. The van der Waals surface area contributed by atoms with Gasteiger partial charge in [0.2, 0.25) is 0 Å². The molecule has 1 aliphatic rings. The highest BCUT2D eigenvalue weighted by Crippen LogP contribution is 2.32. The fraction of sp³-hybridized carbons (Fsp3) is 1.00. The van der Waals surface area contributed by atoms with Crippen molar-refractivity contribution >= 4 is 0 Å². The number of hydrogen-bond donors (Lipinski definition) is 1.